The van der Waals surface area contributed by atoms with Crippen molar-refractivity contribution >= 4 is 21.9 Å². The molecule has 0 heterocycles. The first kappa shape index (κ1) is 18.6. The van der Waals surface area contributed by atoms with Crippen LogP contribution in [0.3, 0.4) is 0 Å². The molecule has 0 radical (unpaired) electrons. The number of hydrogen-bond acceptors (Lipinski definition) is 5. The number of benzene rings is 2. The van der Waals surface area contributed by atoms with E-state index in [4.69, 9.17) is 9.88 Å². The third-order valence-corrected chi connectivity index (χ3v) is 4.31. The van der Waals surface area contributed by atoms with Crippen LogP contribution in [0.1, 0.15) is 22.8 Å². The predicted octanol–water partition coefficient (Wildman–Crippen LogP) is 1.20. The monoisotopic (exact) mass is 362 g/mol. The molecule has 0 saturated carbocycles. The fourth-order valence-corrected chi connectivity index (χ4v) is 2.51. The maximum atomic E-state index is 12.0. The van der Waals surface area contributed by atoms with Crippen molar-refractivity contribution in [3.8, 4) is 0 Å². The minimum atomic E-state index is -3.83. The normalized spacial score (nSPS) is 12.2. The summed E-state index contributed by atoms with van der Waals surface area (Å²) in [4.78, 5) is 23.9. The van der Waals surface area contributed by atoms with Crippen molar-refractivity contribution in [3.05, 3.63) is 65.7 Å². The van der Waals surface area contributed by atoms with Gasteiger partial charge in [-0.2, -0.15) is 0 Å². The number of hydrogen-bond donors (Lipinski definition) is 2. The molecule has 1 amide bonds. The SMILES string of the molecule is CC(OC(=O)c1ccc(S(N)(=O)=O)cc1)C(=O)NCc1ccccc1. The van der Waals surface area contributed by atoms with Crippen molar-refractivity contribution in [1.29, 1.82) is 0 Å². The summed E-state index contributed by atoms with van der Waals surface area (Å²) in [6.07, 6.45) is -0.992. The third kappa shape index (κ3) is 5.40. The molecule has 2 aromatic rings. The first-order valence-electron chi connectivity index (χ1n) is 7.43. The number of carbonyl (C=O) groups excluding carboxylic acids is 2. The highest BCUT2D eigenvalue weighted by molar-refractivity contribution is 7.89. The van der Waals surface area contributed by atoms with Gasteiger partial charge in [0.05, 0.1) is 10.5 Å². The second kappa shape index (κ2) is 7.91. The number of esters is 1. The van der Waals surface area contributed by atoms with E-state index in [1.54, 1.807) is 0 Å². The van der Waals surface area contributed by atoms with Crippen molar-refractivity contribution in [2.75, 3.05) is 0 Å². The molecule has 1 unspecified atom stereocenters. The topological polar surface area (TPSA) is 116 Å². The maximum Gasteiger partial charge on any atom is 0.338 e. The number of carbonyl (C=O) groups is 2. The predicted molar refractivity (Wildman–Crippen MR) is 91.0 cm³/mol. The van der Waals surface area contributed by atoms with Crippen LogP contribution < -0.4 is 10.5 Å². The van der Waals surface area contributed by atoms with E-state index in [2.05, 4.69) is 5.32 Å². The molecule has 0 saturated heterocycles. The summed E-state index contributed by atoms with van der Waals surface area (Å²) in [6, 6.07) is 14.3. The zero-order valence-corrected chi connectivity index (χ0v) is 14.3. The van der Waals surface area contributed by atoms with Crippen molar-refractivity contribution in [3.63, 3.8) is 0 Å². The smallest absolute Gasteiger partial charge is 0.338 e. The summed E-state index contributed by atoms with van der Waals surface area (Å²) in [5, 5.41) is 7.66. The van der Waals surface area contributed by atoms with Crippen LogP contribution in [0.25, 0.3) is 0 Å². The highest BCUT2D eigenvalue weighted by atomic mass is 32.2. The Morgan fingerprint density at radius 3 is 2.24 bits per heavy atom. The van der Waals surface area contributed by atoms with Gasteiger partial charge in [-0.1, -0.05) is 30.3 Å². The molecule has 0 aromatic heterocycles. The Morgan fingerprint density at radius 1 is 1.08 bits per heavy atom. The highest BCUT2D eigenvalue weighted by Crippen LogP contribution is 2.11. The molecule has 132 valence electrons. The fourth-order valence-electron chi connectivity index (χ4n) is 1.99. The minimum Gasteiger partial charge on any atom is -0.449 e. The van der Waals surface area contributed by atoms with Crippen LogP contribution >= 0.6 is 0 Å². The van der Waals surface area contributed by atoms with E-state index in [-0.39, 0.29) is 10.5 Å². The molecule has 3 N–H and O–H groups in total. The molecule has 0 aliphatic heterocycles. The Hall–Kier alpha value is -2.71. The summed E-state index contributed by atoms with van der Waals surface area (Å²) in [7, 11) is -3.83. The van der Waals surface area contributed by atoms with E-state index in [1.807, 2.05) is 30.3 Å². The molecule has 0 bridgehead atoms. The van der Waals surface area contributed by atoms with Gasteiger partial charge in [0.15, 0.2) is 6.10 Å². The lowest BCUT2D eigenvalue weighted by atomic mass is 10.2. The van der Waals surface area contributed by atoms with Gasteiger partial charge in [0.2, 0.25) is 10.0 Å². The third-order valence-electron chi connectivity index (χ3n) is 3.38. The lowest BCUT2D eigenvalue weighted by molar-refractivity contribution is -0.129. The molecule has 0 fully saturated rings. The summed E-state index contributed by atoms with van der Waals surface area (Å²) >= 11 is 0. The van der Waals surface area contributed by atoms with Gasteiger partial charge in [0.1, 0.15) is 0 Å². The number of nitrogens with one attached hydrogen (secondary N) is 1. The Bertz CT molecular complexity index is 848. The van der Waals surface area contributed by atoms with E-state index in [0.29, 0.717) is 6.54 Å². The molecular weight excluding hydrogens is 344 g/mol. The fraction of sp³-hybridized carbons (Fsp3) is 0.176. The standard InChI is InChI=1S/C17H18N2O5S/c1-12(16(20)19-11-13-5-3-2-4-6-13)24-17(21)14-7-9-15(10-8-14)25(18,22)23/h2-10,12H,11H2,1H3,(H,19,20)(H2,18,22,23). The molecule has 25 heavy (non-hydrogen) atoms. The van der Waals surface area contributed by atoms with Gasteiger partial charge in [-0.25, -0.2) is 18.4 Å². The van der Waals surface area contributed by atoms with Crippen LogP contribution in [0, 0.1) is 0 Å². The number of rotatable bonds is 6. The van der Waals surface area contributed by atoms with Gasteiger partial charge in [-0.3, -0.25) is 4.79 Å². The lowest BCUT2D eigenvalue weighted by Crippen LogP contribution is -2.35. The second-order valence-corrected chi connectivity index (χ2v) is 6.88. The molecule has 0 aliphatic rings. The van der Waals surface area contributed by atoms with Crippen LogP contribution in [0.2, 0.25) is 0 Å². The van der Waals surface area contributed by atoms with Crippen molar-refractivity contribution in [1.82, 2.24) is 5.32 Å². The molecule has 0 spiro atoms. The van der Waals surface area contributed by atoms with Crippen LogP contribution in [0.4, 0.5) is 0 Å². The average Bonchev–Trinajstić information content (AvgIpc) is 2.59. The quantitative estimate of drug-likeness (QED) is 0.749. The van der Waals surface area contributed by atoms with Crippen molar-refractivity contribution in [2.45, 2.75) is 24.5 Å². The maximum absolute atomic E-state index is 12.0. The average molecular weight is 362 g/mol. The van der Waals surface area contributed by atoms with Crippen LogP contribution in [-0.4, -0.2) is 26.4 Å². The summed E-state index contributed by atoms with van der Waals surface area (Å²) in [6.45, 7) is 1.78. The Morgan fingerprint density at radius 2 is 1.68 bits per heavy atom. The van der Waals surface area contributed by atoms with Gasteiger partial charge in [0.25, 0.3) is 5.91 Å². The van der Waals surface area contributed by atoms with Crippen LogP contribution in [-0.2, 0) is 26.1 Å². The van der Waals surface area contributed by atoms with Gasteiger partial charge < -0.3 is 10.1 Å². The van der Waals surface area contributed by atoms with Gasteiger partial charge in [-0.15, -0.1) is 0 Å². The zero-order valence-electron chi connectivity index (χ0n) is 13.5. The van der Waals surface area contributed by atoms with Gasteiger partial charge >= 0.3 is 5.97 Å². The number of primary sulfonamides is 1. The molecule has 7 nitrogen and oxygen atoms in total. The number of ether oxygens (including phenoxy) is 1. The Kier molecular flexibility index (Phi) is 5.89. The summed E-state index contributed by atoms with van der Waals surface area (Å²) in [5.41, 5.74) is 1.04. The van der Waals surface area contributed by atoms with Crippen molar-refractivity contribution in [2.24, 2.45) is 5.14 Å². The minimum absolute atomic E-state index is 0.113. The number of nitrogens with two attached hydrogens (primary N) is 1. The number of sulfonamides is 1. The highest BCUT2D eigenvalue weighted by Gasteiger charge is 2.19. The largest absolute Gasteiger partial charge is 0.449 e. The molecule has 8 heteroatoms. The Labute approximate surface area is 145 Å². The summed E-state index contributed by atoms with van der Waals surface area (Å²) < 4.78 is 27.4. The van der Waals surface area contributed by atoms with E-state index >= 15 is 0 Å². The van der Waals surface area contributed by atoms with E-state index < -0.39 is 28.0 Å². The van der Waals surface area contributed by atoms with E-state index in [0.717, 1.165) is 5.56 Å². The van der Waals surface area contributed by atoms with Crippen molar-refractivity contribution < 1.29 is 22.7 Å². The van der Waals surface area contributed by atoms with Crippen LogP contribution in [0.5, 0.6) is 0 Å². The number of amides is 1. The summed E-state index contributed by atoms with van der Waals surface area (Å²) in [5.74, 6) is -1.17. The molecule has 0 aliphatic carbocycles. The van der Waals surface area contributed by atoms with E-state index in [1.165, 1.54) is 31.2 Å². The first-order chi connectivity index (χ1) is 11.8. The van der Waals surface area contributed by atoms with Gasteiger partial charge in [0, 0.05) is 6.54 Å². The molecule has 1 atom stereocenters. The zero-order chi connectivity index (χ0) is 18.4. The molecular formula is C17H18N2O5S. The van der Waals surface area contributed by atoms with Crippen LogP contribution in [0.15, 0.2) is 59.5 Å². The molecule has 2 rings (SSSR count). The van der Waals surface area contributed by atoms with E-state index in [9.17, 15) is 18.0 Å². The Balaban J connectivity index is 1.91. The second-order valence-electron chi connectivity index (χ2n) is 5.32. The first-order valence-corrected chi connectivity index (χ1v) is 8.97. The molecule has 2 aromatic carbocycles. The van der Waals surface area contributed by atoms with Gasteiger partial charge in [-0.05, 0) is 36.8 Å². The lowest BCUT2D eigenvalue weighted by Gasteiger charge is -2.13.